The zero-order chi connectivity index (χ0) is 37.8. The third-order valence-corrected chi connectivity index (χ3v) is 10.3. The molecule has 11 nitrogen and oxygen atoms in total. The van der Waals surface area contributed by atoms with Gasteiger partial charge in [0, 0.05) is 62.0 Å². The van der Waals surface area contributed by atoms with Gasteiger partial charge in [0.25, 0.3) is 0 Å². The zero-order valence-electron chi connectivity index (χ0n) is 29.8. The van der Waals surface area contributed by atoms with Crippen LogP contribution < -0.4 is 15.4 Å². The molecular weight excluding hydrogens is 691 g/mol. The molecule has 0 saturated carbocycles. The van der Waals surface area contributed by atoms with E-state index in [1.54, 1.807) is 41.6 Å². The fourth-order valence-electron chi connectivity index (χ4n) is 7.23. The maximum atomic E-state index is 14.0. The number of carbonyl (C=O) groups excluding carboxylic acids is 2. The first-order valence-electron chi connectivity index (χ1n) is 17.9. The van der Waals surface area contributed by atoms with Gasteiger partial charge in [-0.1, -0.05) is 48.5 Å². The van der Waals surface area contributed by atoms with Gasteiger partial charge in [-0.05, 0) is 50.5 Å². The van der Waals surface area contributed by atoms with Crippen LogP contribution in [0.2, 0.25) is 0 Å². The van der Waals surface area contributed by atoms with Crippen molar-refractivity contribution in [2.24, 2.45) is 5.92 Å². The summed E-state index contributed by atoms with van der Waals surface area (Å²) in [6.07, 6.45) is -3.99. The molecule has 0 spiro atoms. The summed E-state index contributed by atoms with van der Waals surface area (Å²) in [7, 11) is 0. The summed E-state index contributed by atoms with van der Waals surface area (Å²) in [4.78, 5) is 35.5. The molecule has 0 aliphatic carbocycles. The Morgan fingerprint density at radius 3 is 2.57 bits per heavy atom. The fourth-order valence-corrected chi connectivity index (χ4v) is 7.23. The minimum absolute atomic E-state index is 0.00320. The predicted octanol–water partition coefficient (Wildman–Crippen LogP) is 4.34. The average molecular weight is 738 g/mol. The lowest BCUT2D eigenvalue weighted by molar-refractivity contribution is -0.139. The lowest BCUT2D eigenvalue weighted by atomic mass is 9.90. The summed E-state index contributed by atoms with van der Waals surface area (Å²) in [5.74, 6) is -0.431. The molecule has 4 N–H and O–H groups in total. The number of nitrogens with zero attached hydrogens (tertiary/aromatic N) is 3. The van der Waals surface area contributed by atoms with E-state index in [2.05, 4.69) is 20.5 Å². The lowest BCUT2D eigenvalue weighted by Gasteiger charge is -2.47. The molecule has 2 aliphatic heterocycles. The van der Waals surface area contributed by atoms with Gasteiger partial charge in [-0.15, -0.1) is 0 Å². The highest BCUT2D eigenvalue weighted by atomic mass is 19.4. The van der Waals surface area contributed by atoms with Crippen molar-refractivity contribution in [1.29, 1.82) is 0 Å². The molecule has 0 unspecified atom stereocenters. The first kappa shape index (κ1) is 38.2. The molecule has 4 aromatic rings. The van der Waals surface area contributed by atoms with E-state index < -0.39 is 60.8 Å². The van der Waals surface area contributed by atoms with Gasteiger partial charge in [0.1, 0.15) is 35.8 Å². The number of nitrogens with one attached hydrogen (secondary N) is 2. The van der Waals surface area contributed by atoms with Crippen LogP contribution in [0.25, 0.3) is 11.0 Å². The van der Waals surface area contributed by atoms with E-state index in [1.807, 2.05) is 56.3 Å². The van der Waals surface area contributed by atoms with Crippen molar-refractivity contribution in [3.8, 4) is 5.75 Å². The Hall–Kier alpha value is -4.50. The molecule has 0 bridgehead atoms. The molecular formula is C39H46F3N5O6. The number of rotatable bonds is 13. The number of alkyl halides is 3. The van der Waals surface area contributed by atoms with Crippen molar-refractivity contribution in [3.05, 3.63) is 96.0 Å². The number of aliphatic hydroxyl groups is 2. The van der Waals surface area contributed by atoms with Crippen LogP contribution in [0.5, 0.6) is 5.75 Å². The summed E-state index contributed by atoms with van der Waals surface area (Å²) in [6, 6.07) is 18.6. The van der Waals surface area contributed by atoms with Crippen molar-refractivity contribution < 1.29 is 42.1 Å². The molecule has 284 valence electrons. The van der Waals surface area contributed by atoms with E-state index in [0.717, 1.165) is 10.9 Å². The van der Waals surface area contributed by atoms with Crippen molar-refractivity contribution in [2.75, 3.05) is 39.3 Å². The van der Waals surface area contributed by atoms with Gasteiger partial charge in [0.05, 0.1) is 24.1 Å². The standard InChI is InChI=1S/C39H46F3N5O6/c1-38(2,34-20-27-21-43-14-12-32(27)53-34)47-17-16-46(30(23-47)37(51)44-15-13-39(40,41)42)22-28(48)19-26(18-25-8-4-3-5-9-25)36(50)45-35-29-10-6-7-11-33(29)52-24-31(35)49/h3-12,14,20-21,26,28,30-31,35,48-49H,13,15-19,22-24H2,1-2H3,(H,44,51)(H,45,50)/t26-,28+,30+,31-,35+/m1/s1. The maximum Gasteiger partial charge on any atom is 0.390 e. The summed E-state index contributed by atoms with van der Waals surface area (Å²) in [5.41, 5.74) is 1.50. The molecule has 2 amide bonds. The van der Waals surface area contributed by atoms with E-state index in [0.29, 0.717) is 42.2 Å². The van der Waals surface area contributed by atoms with Crippen LogP contribution in [0.15, 0.2) is 83.5 Å². The molecule has 2 aliphatic rings. The molecule has 14 heteroatoms. The SMILES string of the molecule is CC(C)(c1cc2cnccc2o1)N1CCN(C[C@@H](O)C[C@@H](Cc2ccccc2)C(=O)N[C@H]2c3ccccc3OC[C@H]2O)[C@H](C(=O)NCCC(F)(F)F)C1. The second-order valence-corrected chi connectivity index (χ2v) is 14.4. The Morgan fingerprint density at radius 2 is 1.81 bits per heavy atom. The minimum Gasteiger partial charge on any atom is -0.490 e. The number of furan rings is 1. The number of hydrogen-bond donors (Lipinski definition) is 4. The number of hydrogen-bond acceptors (Lipinski definition) is 9. The van der Waals surface area contributed by atoms with Crippen molar-refractivity contribution in [3.63, 3.8) is 0 Å². The number of pyridine rings is 1. The molecule has 5 atom stereocenters. The van der Waals surface area contributed by atoms with Crippen LogP contribution in [-0.2, 0) is 21.5 Å². The van der Waals surface area contributed by atoms with Gasteiger partial charge < -0.3 is 30.0 Å². The monoisotopic (exact) mass is 737 g/mol. The number of aromatic nitrogens is 1. The average Bonchev–Trinajstić information content (AvgIpc) is 3.58. The highest BCUT2D eigenvalue weighted by Crippen LogP contribution is 2.35. The van der Waals surface area contributed by atoms with Gasteiger partial charge in [-0.2, -0.15) is 13.2 Å². The molecule has 1 fully saturated rings. The van der Waals surface area contributed by atoms with E-state index in [-0.39, 0.29) is 32.0 Å². The summed E-state index contributed by atoms with van der Waals surface area (Å²) in [5, 5.41) is 28.6. The first-order chi connectivity index (χ1) is 25.3. The van der Waals surface area contributed by atoms with Crippen LogP contribution in [0.4, 0.5) is 13.2 Å². The largest absolute Gasteiger partial charge is 0.490 e. The van der Waals surface area contributed by atoms with E-state index >= 15 is 0 Å². The van der Waals surface area contributed by atoms with E-state index in [1.165, 1.54) is 0 Å². The number of benzene rings is 2. The lowest BCUT2D eigenvalue weighted by Crippen LogP contribution is -2.63. The number of halogens is 3. The Balaban J connectivity index is 1.19. The summed E-state index contributed by atoms with van der Waals surface area (Å²) >= 11 is 0. The van der Waals surface area contributed by atoms with E-state index in [4.69, 9.17) is 9.15 Å². The van der Waals surface area contributed by atoms with Crippen LogP contribution in [0.3, 0.4) is 0 Å². The van der Waals surface area contributed by atoms with Crippen molar-refractivity contribution in [2.45, 2.75) is 69.1 Å². The molecule has 6 rings (SSSR count). The third-order valence-electron chi connectivity index (χ3n) is 10.3. The highest BCUT2D eigenvalue weighted by Gasteiger charge is 2.42. The quantitative estimate of drug-likeness (QED) is 0.158. The molecule has 2 aromatic carbocycles. The van der Waals surface area contributed by atoms with Gasteiger partial charge in [-0.25, -0.2) is 0 Å². The number of ether oxygens (including phenoxy) is 1. The van der Waals surface area contributed by atoms with Gasteiger partial charge in [-0.3, -0.25) is 24.4 Å². The number of aliphatic hydroxyl groups excluding tert-OH is 2. The maximum absolute atomic E-state index is 14.0. The Bertz CT molecular complexity index is 1820. The Labute approximate surface area is 306 Å². The normalized spacial score (nSPS) is 21.0. The number of piperazine rings is 1. The number of β-amino-alcohol motifs (C(OH)–C–C–N with tert-alkyl or cyclic N) is 1. The molecule has 4 heterocycles. The second kappa shape index (κ2) is 16.3. The number of carbonyl (C=O) groups is 2. The molecule has 1 saturated heterocycles. The van der Waals surface area contributed by atoms with Gasteiger partial charge in [0.2, 0.25) is 11.8 Å². The van der Waals surface area contributed by atoms with Gasteiger partial charge >= 0.3 is 6.18 Å². The third kappa shape index (κ3) is 9.36. The van der Waals surface area contributed by atoms with Crippen molar-refractivity contribution >= 4 is 22.8 Å². The fraction of sp³-hybridized carbons (Fsp3) is 0.462. The van der Waals surface area contributed by atoms with Crippen molar-refractivity contribution in [1.82, 2.24) is 25.4 Å². The smallest absolute Gasteiger partial charge is 0.390 e. The van der Waals surface area contributed by atoms with E-state index in [9.17, 15) is 33.0 Å². The number of fused-ring (bicyclic) bond motifs is 2. The number of amides is 2. The number of para-hydroxylation sites is 1. The van der Waals surface area contributed by atoms with Crippen LogP contribution in [-0.4, -0.2) is 101 Å². The molecule has 2 aromatic heterocycles. The zero-order valence-corrected chi connectivity index (χ0v) is 29.8. The van der Waals surface area contributed by atoms with Crippen LogP contribution in [0, 0.1) is 5.92 Å². The Kier molecular flexibility index (Phi) is 11.7. The molecule has 0 radical (unpaired) electrons. The van der Waals surface area contributed by atoms with Crippen LogP contribution in [0.1, 0.15) is 49.6 Å². The summed E-state index contributed by atoms with van der Waals surface area (Å²) < 4.78 is 50.8. The predicted molar refractivity (Wildman–Crippen MR) is 191 cm³/mol. The second-order valence-electron chi connectivity index (χ2n) is 14.4. The highest BCUT2D eigenvalue weighted by molar-refractivity contribution is 5.82. The summed E-state index contributed by atoms with van der Waals surface area (Å²) in [6.45, 7) is 4.30. The van der Waals surface area contributed by atoms with Crippen LogP contribution >= 0.6 is 0 Å². The van der Waals surface area contributed by atoms with Gasteiger partial charge in [0.15, 0.2) is 0 Å². The first-order valence-corrected chi connectivity index (χ1v) is 17.9. The molecule has 53 heavy (non-hydrogen) atoms. The topological polar surface area (TPSA) is 140 Å². The minimum atomic E-state index is -4.43. The Morgan fingerprint density at radius 1 is 1.06 bits per heavy atom.